The third-order valence-electron chi connectivity index (χ3n) is 3.27. The van der Waals surface area contributed by atoms with Crippen molar-refractivity contribution in [3.8, 4) is 0 Å². The van der Waals surface area contributed by atoms with Crippen LogP contribution in [-0.2, 0) is 13.9 Å². The molecule has 2 aromatic rings. The Morgan fingerprint density at radius 1 is 1.12 bits per heavy atom. The van der Waals surface area contributed by atoms with E-state index in [1.54, 1.807) is 24.3 Å². The van der Waals surface area contributed by atoms with Gasteiger partial charge in [-0.1, -0.05) is 59.6 Å². The largest absolute Gasteiger partial charge is 0.479 e. The summed E-state index contributed by atoms with van der Waals surface area (Å²) in [4.78, 5) is 22.1. The Labute approximate surface area is 148 Å². The van der Waals surface area contributed by atoms with Crippen LogP contribution in [0.25, 0.3) is 0 Å². The summed E-state index contributed by atoms with van der Waals surface area (Å²) in [6.07, 6.45) is 0. The Morgan fingerprint density at radius 3 is 2.12 bits per heavy atom. The van der Waals surface area contributed by atoms with Crippen LogP contribution in [0.4, 0.5) is 5.69 Å². The molecule has 9 heteroatoms. The molecule has 0 aliphatic rings. The first-order valence-electron chi connectivity index (χ1n) is 6.69. The first kappa shape index (κ1) is 18.8. The molecule has 0 bridgehead atoms. The van der Waals surface area contributed by atoms with Gasteiger partial charge in [0.25, 0.3) is 0 Å². The predicted molar refractivity (Wildman–Crippen MR) is 92.6 cm³/mol. The van der Waals surface area contributed by atoms with Crippen molar-refractivity contribution < 1.29 is 23.9 Å². The summed E-state index contributed by atoms with van der Waals surface area (Å²) < 4.78 is 18.0. The molecule has 0 fully saturated rings. The second-order valence-electron chi connectivity index (χ2n) is 4.74. The highest BCUT2D eigenvalue weighted by atomic mass is 35.5. The van der Waals surface area contributed by atoms with E-state index in [0.29, 0.717) is 4.67 Å². The summed E-state index contributed by atoms with van der Waals surface area (Å²) in [5, 5.41) is 9.73. The Morgan fingerprint density at radius 2 is 1.67 bits per heavy atom. The number of benzene rings is 2. The van der Waals surface area contributed by atoms with Gasteiger partial charge in [-0.2, -0.15) is 0 Å². The van der Waals surface area contributed by atoms with Crippen molar-refractivity contribution in [2.75, 3.05) is 11.8 Å². The summed E-state index contributed by atoms with van der Waals surface area (Å²) in [5.74, 6) is -1.36. The van der Waals surface area contributed by atoms with Gasteiger partial charge in [0.1, 0.15) is 0 Å². The van der Waals surface area contributed by atoms with E-state index in [1.807, 2.05) is 0 Å². The third kappa shape index (κ3) is 3.74. The molecule has 128 valence electrons. The number of carbonyl (C=O) groups is 1. The highest BCUT2D eigenvalue weighted by molar-refractivity contribution is 7.54. The maximum Gasteiger partial charge on any atom is 0.433 e. The SMILES string of the molecule is COP(=O)(O)N(c1c(Cl)cccc1Cl)C(C(=O)O)c1ccccc1. The van der Waals surface area contributed by atoms with Crippen LogP contribution in [0.5, 0.6) is 0 Å². The number of para-hydroxylation sites is 1. The van der Waals surface area contributed by atoms with Crippen LogP contribution in [0.1, 0.15) is 11.6 Å². The lowest BCUT2D eigenvalue weighted by atomic mass is 10.1. The van der Waals surface area contributed by atoms with Gasteiger partial charge in [0.2, 0.25) is 0 Å². The molecule has 0 saturated carbocycles. The lowest BCUT2D eigenvalue weighted by Gasteiger charge is -2.34. The van der Waals surface area contributed by atoms with Gasteiger partial charge in [-0.25, -0.2) is 9.36 Å². The number of anilines is 1. The van der Waals surface area contributed by atoms with Crippen molar-refractivity contribution in [2.24, 2.45) is 0 Å². The van der Waals surface area contributed by atoms with Crippen molar-refractivity contribution in [1.29, 1.82) is 0 Å². The van der Waals surface area contributed by atoms with E-state index < -0.39 is 19.8 Å². The second-order valence-corrected chi connectivity index (χ2v) is 7.33. The number of carboxylic acids is 1. The van der Waals surface area contributed by atoms with Crippen LogP contribution in [-0.4, -0.2) is 23.1 Å². The number of aliphatic carboxylic acids is 1. The van der Waals surface area contributed by atoms with Crippen molar-refractivity contribution >= 4 is 42.6 Å². The molecule has 0 amide bonds. The van der Waals surface area contributed by atoms with Crippen LogP contribution < -0.4 is 4.67 Å². The van der Waals surface area contributed by atoms with Crippen molar-refractivity contribution in [3.63, 3.8) is 0 Å². The molecule has 0 radical (unpaired) electrons. The second kappa shape index (κ2) is 7.55. The highest BCUT2D eigenvalue weighted by Crippen LogP contribution is 2.56. The van der Waals surface area contributed by atoms with Crippen LogP contribution in [0, 0.1) is 0 Å². The van der Waals surface area contributed by atoms with Gasteiger partial charge < -0.3 is 10.00 Å². The highest BCUT2D eigenvalue weighted by Gasteiger charge is 2.42. The topological polar surface area (TPSA) is 87.1 Å². The summed E-state index contributed by atoms with van der Waals surface area (Å²) >= 11 is 12.2. The lowest BCUT2D eigenvalue weighted by Crippen LogP contribution is -2.32. The average molecular weight is 390 g/mol. The number of nitrogens with zero attached hydrogens (tertiary/aromatic N) is 1. The van der Waals surface area contributed by atoms with E-state index >= 15 is 0 Å². The monoisotopic (exact) mass is 389 g/mol. The molecule has 24 heavy (non-hydrogen) atoms. The van der Waals surface area contributed by atoms with E-state index in [1.165, 1.54) is 24.3 Å². The zero-order chi connectivity index (χ0) is 17.9. The van der Waals surface area contributed by atoms with Gasteiger partial charge in [-0.15, -0.1) is 0 Å². The number of hydrogen-bond donors (Lipinski definition) is 2. The van der Waals surface area contributed by atoms with Crippen molar-refractivity contribution in [2.45, 2.75) is 6.04 Å². The van der Waals surface area contributed by atoms with E-state index in [2.05, 4.69) is 4.52 Å². The Kier molecular flexibility index (Phi) is 5.91. The Balaban J connectivity index is 2.75. The molecule has 2 unspecified atom stereocenters. The molecule has 0 spiro atoms. The molecule has 0 saturated heterocycles. The van der Waals surface area contributed by atoms with Gasteiger partial charge in [0, 0.05) is 7.11 Å². The van der Waals surface area contributed by atoms with Crippen LogP contribution in [0.15, 0.2) is 48.5 Å². The quantitative estimate of drug-likeness (QED) is 0.713. The Bertz CT molecular complexity index is 766. The summed E-state index contributed by atoms with van der Waals surface area (Å²) in [7, 11) is -3.55. The van der Waals surface area contributed by atoms with Crippen molar-refractivity contribution in [3.05, 3.63) is 64.1 Å². The number of rotatable bonds is 6. The fourth-order valence-electron chi connectivity index (χ4n) is 2.22. The normalized spacial score (nSPS) is 14.7. The standard InChI is InChI=1S/C15H14Cl2NO5P/c1-23-24(21,22)18(14-11(16)8-5-9-12(14)17)13(15(19)20)10-6-3-2-4-7-10/h2-9,13H,1H3,(H,19,20)(H,21,22). The molecule has 0 aliphatic carbocycles. The first-order chi connectivity index (χ1) is 11.3. The molecule has 2 N–H and O–H groups in total. The number of halogens is 2. The smallest absolute Gasteiger partial charge is 0.433 e. The Hall–Kier alpha value is -1.56. The van der Waals surface area contributed by atoms with E-state index in [-0.39, 0.29) is 21.3 Å². The summed E-state index contributed by atoms with van der Waals surface area (Å²) in [6.45, 7) is 0. The predicted octanol–water partition coefficient (Wildman–Crippen LogP) is 4.37. The van der Waals surface area contributed by atoms with Gasteiger partial charge >= 0.3 is 13.7 Å². The zero-order valence-corrected chi connectivity index (χ0v) is 14.9. The van der Waals surface area contributed by atoms with Crippen LogP contribution in [0.2, 0.25) is 10.0 Å². The fourth-order valence-corrected chi connectivity index (χ4v) is 4.09. The van der Waals surface area contributed by atoms with Crippen LogP contribution >= 0.6 is 30.9 Å². The minimum atomic E-state index is -4.55. The zero-order valence-electron chi connectivity index (χ0n) is 12.5. The fraction of sp³-hybridized carbons (Fsp3) is 0.133. The van der Waals surface area contributed by atoms with E-state index in [4.69, 9.17) is 23.2 Å². The minimum Gasteiger partial charge on any atom is -0.479 e. The molecule has 0 aliphatic heterocycles. The third-order valence-corrected chi connectivity index (χ3v) is 5.33. The number of hydrogen-bond acceptors (Lipinski definition) is 3. The van der Waals surface area contributed by atoms with Gasteiger partial charge in [0.05, 0.1) is 15.7 Å². The molecule has 2 aromatic carbocycles. The van der Waals surface area contributed by atoms with E-state index in [0.717, 1.165) is 7.11 Å². The number of carboxylic acid groups (broad SMARTS) is 1. The molecular formula is C15H14Cl2NO5P. The molecule has 2 rings (SSSR count). The van der Waals surface area contributed by atoms with Gasteiger partial charge in [0.15, 0.2) is 6.04 Å². The lowest BCUT2D eigenvalue weighted by molar-refractivity contribution is -0.138. The minimum absolute atomic E-state index is 0.0241. The van der Waals surface area contributed by atoms with Crippen LogP contribution in [0.3, 0.4) is 0 Å². The van der Waals surface area contributed by atoms with E-state index in [9.17, 15) is 19.4 Å². The maximum absolute atomic E-state index is 12.6. The maximum atomic E-state index is 12.6. The first-order valence-corrected chi connectivity index (χ1v) is 8.98. The molecule has 0 heterocycles. The molecule has 2 atom stereocenters. The molecular weight excluding hydrogens is 376 g/mol. The summed E-state index contributed by atoms with van der Waals surface area (Å²) in [5.41, 5.74) is 0.178. The summed E-state index contributed by atoms with van der Waals surface area (Å²) in [6, 6.07) is 10.9. The van der Waals surface area contributed by atoms with Gasteiger partial charge in [-0.05, 0) is 17.7 Å². The average Bonchev–Trinajstić information content (AvgIpc) is 2.54. The van der Waals surface area contributed by atoms with Crippen molar-refractivity contribution in [1.82, 2.24) is 0 Å². The van der Waals surface area contributed by atoms with Gasteiger partial charge in [-0.3, -0.25) is 9.19 Å². The molecule has 0 aromatic heterocycles. The molecule has 6 nitrogen and oxygen atoms in total.